The van der Waals surface area contributed by atoms with Crippen molar-refractivity contribution in [1.29, 1.82) is 0 Å². The minimum Gasteiger partial charge on any atom is -0.385 e. The van der Waals surface area contributed by atoms with Crippen LogP contribution in [0.25, 0.3) is 20.8 Å². The average molecular weight is 442 g/mol. The van der Waals surface area contributed by atoms with Crippen molar-refractivity contribution in [2.24, 2.45) is 0 Å². The lowest BCUT2D eigenvalue weighted by molar-refractivity contribution is 0.0652. The van der Waals surface area contributed by atoms with Crippen molar-refractivity contribution in [3.63, 3.8) is 0 Å². The van der Waals surface area contributed by atoms with Gasteiger partial charge in [0.2, 0.25) is 0 Å². The van der Waals surface area contributed by atoms with E-state index in [9.17, 15) is 9.59 Å². The summed E-state index contributed by atoms with van der Waals surface area (Å²) in [6.07, 6.45) is 1.63. The quantitative estimate of drug-likeness (QED) is 0.293. The zero-order chi connectivity index (χ0) is 22.1. The highest BCUT2D eigenvalue weighted by Gasteiger charge is 2.34. The fourth-order valence-electron chi connectivity index (χ4n) is 3.96. The number of rotatable bonds is 7. The first-order chi connectivity index (χ1) is 15.6. The molecule has 2 amide bonds. The van der Waals surface area contributed by atoms with E-state index in [0.29, 0.717) is 17.7 Å². The first-order valence-corrected chi connectivity index (χ1v) is 11.6. The molecule has 0 unspecified atom stereocenters. The standard InChI is InChI=1S/C26H23N3O2S/c1-17-8-13-22-23(16-17)32-24(28-22)18-9-11-19(12-10-18)27-14-4-5-15-29-25(30)20-6-2-3-7-21(20)26(29)31/h2-3,6-13,16,27H,4-5,14-15H2,1H3. The number of aryl methyl sites for hydroxylation is 1. The summed E-state index contributed by atoms with van der Waals surface area (Å²) in [5, 5.41) is 4.44. The van der Waals surface area contributed by atoms with E-state index in [4.69, 9.17) is 4.98 Å². The van der Waals surface area contributed by atoms with Gasteiger partial charge in [-0.1, -0.05) is 18.2 Å². The zero-order valence-corrected chi connectivity index (χ0v) is 18.6. The molecule has 0 atom stereocenters. The number of amides is 2. The minimum atomic E-state index is -0.181. The van der Waals surface area contributed by atoms with E-state index in [0.717, 1.165) is 41.2 Å². The summed E-state index contributed by atoms with van der Waals surface area (Å²) >= 11 is 1.71. The van der Waals surface area contributed by atoms with Crippen LogP contribution in [0.15, 0.2) is 66.7 Å². The minimum absolute atomic E-state index is 0.181. The summed E-state index contributed by atoms with van der Waals surface area (Å²) in [5.41, 5.74) is 5.47. The largest absolute Gasteiger partial charge is 0.385 e. The predicted octanol–water partition coefficient (Wildman–Crippen LogP) is 5.76. The lowest BCUT2D eigenvalue weighted by atomic mass is 10.1. The number of aromatic nitrogens is 1. The summed E-state index contributed by atoms with van der Waals surface area (Å²) in [5.74, 6) is -0.363. The molecular formula is C26H23N3O2S. The second-order valence-electron chi connectivity index (χ2n) is 8.01. The summed E-state index contributed by atoms with van der Waals surface area (Å²) < 4.78 is 1.21. The van der Waals surface area contributed by atoms with E-state index in [1.54, 1.807) is 35.6 Å². The molecule has 1 aromatic heterocycles. The SMILES string of the molecule is Cc1ccc2nc(-c3ccc(NCCCCN4C(=O)c5ccccc5C4=O)cc3)sc2c1. The lowest BCUT2D eigenvalue weighted by Crippen LogP contribution is -2.30. The molecule has 0 bridgehead atoms. The molecule has 0 aliphatic carbocycles. The Hall–Kier alpha value is -3.51. The van der Waals surface area contributed by atoms with Gasteiger partial charge in [0.05, 0.1) is 21.3 Å². The van der Waals surface area contributed by atoms with Crippen LogP contribution in [0.4, 0.5) is 5.69 Å². The highest BCUT2D eigenvalue weighted by atomic mass is 32.1. The zero-order valence-electron chi connectivity index (χ0n) is 17.8. The van der Waals surface area contributed by atoms with Gasteiger partial charge < -0.3 is 5.32 Å². The van der Waals surface area contributed by atoms with Gasteiger partial charge in [0.15, 0.2) is 0 Å². The molecule has 4 aromatic rings. The third-order valence-electron chi connectivity index (χ3n) is 5.69. The van der Waals surface area contributed by atoms with Gasteiger partial charge in [0, 0.05) is 24.3 Å². The smallest absolute Gasteiger partial charge is 0.261 e. The van der Waals surface area contributed by atoms with Gasteiger partial charge in [-0.2, -0.15) is 0 Å². The Morgan fingerprint density at radius 1 is 0.906 bits per heavy atom. The fourth-order valence-corrected chi connectivity index (χ4v) is 5.03. The molecule has 1 aliphatic heterocycles. The number of imide groups is 1. The molecule has 0 saturated carbocycles. The van der Waals surface area contributed by atoms with Crippen LogP contribution < -0.4 is 5.32 Å². The van der Waals surface area contributed by atoms with Crippen LogP contribution in [0, 0.1) is 6.92 Å². The molecule has 32 heavy (non-hydrogen) atoms. The van der Waals surface area contributed by atoms with E-state index in [1.807, 2.05) is 0 Å². The number of nitrogens with zero attached hydrogens (tertiary/aromatic N) is 2. The van der Waals surface area contributed by atoms with Gasteiger partial charge in [-0.25, -0.2) is 4.98 Å². The van der Waals surface area contributed by atoms with Crippen LogP contribution in [-0.4, -0.2) is 34.8 Å². The molecule has 1 N–H and O–H groups in total. The molecule has 1 aliphatic rings. The Morgan fingerprint density at radius 2 is 1.62 bits per heavy atom. The van der Waals surface area contributed by atoms with Crippen molar-refractivity contribution in [3.05, 3.63) is 83.4 Å². The van der Waals surface area contributed by atoms with Crippen LogP contribution >= 0.6 is 11.3 Å². The molecule has 3 aromatic carbocycles. The monoisotopic (exact) mass is 441 g/mol. The number of hydrogen-bond donors (Lipinski definition) is 1. The Balaban J connectivity index is 1.12. The van der Waals surface area contributed by atoms with E-state index >= 15 is 0 Å². The Morgan fingerprint density at radius 3 is 2.34 bits per heavy atom. The van der Waals surface area contributed by atoms with E-state index in [2.05, 4.69) is 54.7 Å². The molecular weight excluding hydrogens is 418 g/mol. The van der Waals surface area contributed by atoms with Crippen LogP contribution in [0.3, 0.4) is 0 Å². The van der Waals surface area contributed by atoms with Crippen molar-refractivity contribution in [3.8, 4) is 10.6 Å². The third-order valence-corrected chi connectivity index (χ3v) is 6.76. The number of nitrogens with one attached hydrogen (secondary N) is 1. The number of anilines is 1. The number of fused-ring (bicyclic) bond motifs is 2. The maximum Gasteiger partial charge on any atom is 0.261 e. The number of unbranched alkanes of at least 4 members (excludes halogenated alkanes) is 1. The van der Waals surface area contributed by atoms with Crippen molar-refractivity contribution in [2.75, 3.05) is 18.4 Å². The van der Waals surface area contributed by atoms with Gasteiger partial charge in [-0.15, -0.1) is 11.3 Å². The predicted molar refractivity (Wildman–Crippen MR) is 129 cm³/mol. The molecule has 2 heterocycles. The number of benzene rings is 3. The van der Waals surface area contributed by atoms with Crippen LogP contribution in [-0.2, 0) is 0 Å². The van der Waals surface area contributed by atoms with Gasteiger partial charge >= 0.3 is 0 Å². The first kappa shape index (κ1) is 20.4. The second-order valence-corrected chi connectivity index (χ2v) is 9.04. The summed E-state index contributed by atoms with van der Waals surface area (Å²) in [7, 11) is 0. The van der Waals surface area contributed by atoms with Gasteiger partial charge in [-0.05, 0) is 73.9 Å². The normalized spacial score (nSPS) is 13.1. The Labute approximate surface area is 190 Å². The number of carbonyl (C=O) groups excluding carboxylic acids is 2. The number of thiazole rings is 1. The Bertz CT molecular complexity index is 1280. The fraction of sp³-hybridized carbons (Fsp3) is 0.192. The number of carbonyl (C=O) groups is 2. The molecule has 0 spiro atoms. The van der Waals surface area contributed by atoms with Crippen LogP contribution in [0.1, 0.15) is 39.1 Å². The number of hydrogen-bond acceptors (Lipinski definition) is 5. The molecule has 5 nitrogen and oxygen atoms in total. The molecule has 5 rings (SSSR count). The van der Waals surface area contributed by atoms with E-state index in [-0.39, 0.29) is 11.8 Å². The molecule has 0 radical (unpaired) electrons. The maximum absolute atomic E-state index is 12.4. The Kier molecular flexibility index (Phi) is 5.45. The van der Waals surface area contributed by atoms with E-state index in [1.165, 1.54) is 15.2 Å². The summed E-state index contributed by atoms with van der Waals surface area (Å²) in [6.45, 7) is 3.33. The average Bonchev–Trinajstić information content (AvgIpc) is 3.33. The van der Waals surface area contributed by atoms with Gasteiger partial charge in [-0.3, -0.25) is 14.5 Å². The molecule has 6 heteroatoms. The summed E-state index contributed by atoms with van der Waals surface area (Å²) in [6, 6.07) is 21.7. The highest BCUT2D eigenvalue weighted by Crippen LogP contribution is 2.31. The highest BCUT2D eigenvalue weighted by molar-refractivity contribution is 7.21. The molecule has 0 saturated heterocycles. The second kappa shape index (κ2) is 8.55. The van der Waals surface area contributed by atoms with E-state index < -0.39 is 0 Å². The van der Waals surface area contributed by atoms with Crippen LogP contribution in [0.5, 0.6) is 0 Å². The van der Waals surface area contributed by atoms with Crippen molar-refractivity contribution in [1.82, 2.24) is 9.88 Å². The maximum atomic E-state index is 12.4. The van der Waals surface area contributed by atoms with Crippen molar-refractivity contribution in [2.45, 2.75) is 19.8 Å². The molecule has 160 valence electrons. The first-order valence-electron chi connectivity index (χ1n) is 10.8. The lowest BCUT2D eigenvalue weighted by Gasteiger charge is -2.14. The summed E-state index contributed by atoms with van der Waals surface area (Å²) in [4.78, 5) is 30.9. The van der Waals surface area contributed by atoms with Crippen molar-refractivity contribution < 1.29 is 9.59 Å². The van der Waals surface area contributed by atoms with Gasteiger partial charge in [0.1, 0.15) is 5.01 Å². The third kappa shape index (κ3) is 3.89. The van der Waals surface area contributed by atoms with Crippen molar-refractivity contribution >= 4 is 39.1 Å². The topological polar surface area (TPSA) is 62.3 Å². The van der Waals surface area contributed by atoms with Crippen LogP contribution in [0.2, 0.25) is 0 Å². The molecule has 0 fully saturated rings. The van der Waals surface area contributed by atoms with Gasteiger partial charge in [0.25, 0.3) is 11.8 Å².